The van der Waals surface area contributed by atoms with Crippen LogP contribution >= 0.6 is 23.2 Å². The first-order valence-corrected chi connectivity index (χ1v) is 4.67. The van der Waals surface area contributed by atoms with Gasteiger partial charge in [0, 0.05) is 0 Å². The Bertz CT molecular complexity index is 424. The van der Waals surface area contributed by atoms with Gasteiger partial charge in [0.2, 0.25) is 0 Å². The van der Waals surface area contributed by atoms with E-state index in [1.165, 1.54) is 11.0 Å². The predicted molar refractivity (Wildman–Crippen MR) is 51.5 cm³/mol. The molecule has 2 rings (SSSR count). The second-order valence-electron chi connectivity index (χ2n) is 2.44. The van der Waals surface area contributed by atoms with Gasteiger partial charge in [-0.25, -0.2) is 4.98 Å². The quantitative estimate of drug-likeness (QED) is 0.732. The topological polar surface area (TPSA) is 56.5 Å². The van der Waals surface area contributed by atoms with Crippen LogP contribution < -0.4 is 0 Å². The standard InChI is InChI=1S/C7H5Cl2N5/c8-3-7-10-4-11-14(7)6-2-1-5(9)12-13-6/h1-2,4H,3H2. The van der Waals surface area contributed by atoms with E-state index in [0.717, 1.165) is 0 Å². The molecule has 2 heterocycles. The van der Waals surface area contributed by atoms with Crippen LogP contribution in [-0.4, -0.2) is 25.0 Å². The van der Waals surface area contributed by atoms with Gasteiger partial charge in [-0.1, -0.05) is 11.6 Å². The third-order valence-corrected chi connectivity index (χ3v) is 2.01. The monoisotopic (exact) mass is 229 g/mol. The molecule has 0 bridgehead atoms. The van der Waals surface area contributed by atoms with E-state index in [2.05, 4.69) is 20.3 Å². The summed E-state index contributed by atoms with van der Waals surface area (Å²) in [5.41, 5.74) is 0. The molecule has 0 spiro atoms. The maximum atomic E-state index is 5.66. The number of hydrogen-bond acceptors (Lipinski definition) is 4. The maximum absolute atomic E-state index is 5.66. The largest absolute Gasteiger partial charge is 0.218 e. The summed E-state index contributed by atoms with van der Waals surface area (Å²) >= 11 is 11.3. The molecule has 0 N–H and O–H groups in total. The zero-order chi connectivity index (χ0) is 9.97. The van der Waals surface area contributed by atoms with Gasteiger partial charge in [0.25, 0.3) is 0 Å². The Kier molecular flexibility index (Phi) is 2.60. The molecule has 2 aromatic heterocycles. The van der Waals surface area contributed by atoms with Gasteiger partial charge in [-0.3, -0.25) is 0 Å². The summed E-state index contributed by atoms with van der Waals surface area (Å²) in [6.45, 7) is 0. The predicted octanol–water partition coefficient (Wildman–Crippen LogP) is 1.45. The van der Waals surface area contributed by atoms with E-state index in [1.807, 2.05) is 0 Å². The molecule has 7 heteroatoms. The molecule has 0 amide bonds. The Labute approximate surface area is 89.7 Å². The fourth-order valence-electron chi connectivity index (χ4n) is 0.970. The second kappa shape index (κ2) is 3.89. The second-order valence-corrected chi connectivity index (χ2v) is 3.09. The molecule has 5 nitrogen and oxygen atoms in total. The van der Waals surface area contributed by atoms with E-state index < -0.39 is 0 Å². The highest BCUT2D eigenvalue weighted by Crippen LogP contribution is 2.08. The molecule has 0 atom stereocenters. The molecule has 0 unspecified atom stereocenters. The molecule has 0 aliphatic carbocycles. The summed E-state index contributed by atoms with van der Waals surface area (Å²) in [7, 11) is 0. The summed E-state index contributed by atoms with van der Waals surface area (Å²) in [6, 6.07) is 3.32. The normalized spacial score (nSPS) is 10.4. The number of aromatic nitrogens is 5. The Morgan fingerprint density at radius 3 is 2.79 bits per heavy atom. The molecule has 0 saturated heterocycles. The first kappa shape index (κ1) is 9.36. The molecule has 0 aliphatic rings. The summed E-state index contributed by atoms with van der Waals surface area (Å²) in [4.78, 5) is 3.95. The number of hydrogen-bond donors (Lipinski definition) is 0. The van der Waals surface area contributed by atoms with Gasteiger partial charge >= 0.3 is 0 Å². The third kappa shape index (κ3) is 1.69. The average molecular weight is 230 g/mol. The van der Waals surface area contributed by atoms with Crippen LogP contribution in [0.1, 0.15) is 5.82 Å². The number of alkyl halides is 1. The van der Waals surface area contributed by atoms with Gasteiger partial charge in [-0.05, 0) is 12.1 Å². The van der Waals surface area contributed by atoms with Gasteiger partial charge in [0.15, 0.2) is 11.0 Å². The van der Waals surface area contributed by atoms with Crippen molar-refractivity contribution in [2.75, 3.05) is 0 Å². The van der Waals surface area contributed by atoms with Crippen molar-refractivity contribution in [3.63, 3.8) is 0 Å². The number of rotatable bonds is 2. The van der Waals surface area contributed by atoms with E-state index in [-0.39, 0.29) is 5.88 Å². The smallest absolute Gasteiger partial charge is 0.177 e. The minimum atomic E-state index is 0.268. The lowest BCUT2D eigenvalue weighted by Gasteiger charge is -2.00. The van der Waals surface area contributed by atoms with Gasteiger partial charge < -0.3 is 0 Å². The van der Waals surface area contributed by atoms with Crippen molar-refractivity contribution in [3.05, 3.63) is 29.4 Å². The first-order valence-electron chi connectivity index (χ1n) is 3.75. The lowest BCUT2D eigenvalue weighted by molar-refractivity contribution is 0.780. The minimum absolute atomic E-state index is 0.268. The lowest BCUT2D eigenvalue weighted by Crippen LogP contribution is -2.04. The maximum Gasteiger partial charge on any atom is 0.177 e. The van der Waals surface area contributed by atoms with Crippen LogP contribution in [0.2, 0.25) is 5.15 Å². The van der Waals surface area contributed by atoms with Crippen LogP contribution in [0.5, 0.6) is 0 Å². The zero-order valence-electron chi connectivity index (χ0n) is 6.93. The SMILES string of the molecule is ClCc1ncnn1-c1ccc(Cl)nn1. The van der Waals surface area contributed by atoms with Gasteiger partial charge in [-0.2, -0.15) is 9.78 Å². The molecular weight excluding hydrogens is 225 g/mol. The third-order valence-electron chi connectivity index (χ3n) is 1.57. The van der Waals surface area contributed by atoms with E-state index >= 15 is 0 Å². The summed E-state index contributed by atoms with van der Waals surface area (Å²) in [5.74, 6) is 1.43. The Hall–Kier alpha value is -1.20. The van der Waals surface area contributed by atoms with E-state index in [0.29, 0.717) is 16.8 Å². The van der Waals surface area contributed by atoms with E-state index in [9.17, 15) is 0 Å². The number of nitrogens with zero attached hydrogens (tertiary/aromatic N) is 5. The van der Waals surface area contributed by atoms with E-state index in [1.54, 1.807) is 12.1 Å². The lowest BCUT2D eigenvalue weighted by atomic mass is 10.5. The Morgan fingerprint density at radius 2 is 2.14 bits per heavy atom. The molecule has 0 saturated carbocycles. The van der Waals surface area contributed by atoms with Crippen LogP contribution in [0.3, 0.4) is 0 Å². The Balaban J connectivity index is 2.44. The molecule has 0 aromatic carbocycles. The van der Waals surface area contributed by atoms with Crippen LogP contribution in [0.4, 0.5) is 0 Å². The first-order chi connectivity index (χ1) is 6.81. The molecule has 14 heavy (non-hydrogen) atoms. The van der Waals surface area contributed by atoms with Crippen LogP contribution in [0.15, 0.2) is 18.5 Å². The zero-order valence-corrected chi connectivity index (χ0v) is 8.44. The summed E-state index contributed by atoms with van der Waals surface area (Å²) < 4.78 is 1.51. The number of halogens is 2. The summed E-state index contributed by atoms with van der Waals surface area (Å²) in [6.07, 6.45) is 1.41. The van der Waals surface area contributed by atoms with Gasteiger partial charge in [-0.15, -0.1) is 21.8 Å². The van der Waals surface area contributed by atoms with Gasteiger partial charge in [0.05, 0.1) is 5.88 Å². The molecule has 0 fully saturated rings. The highest BCUT2D eigenvalue weighted by Gasteiger charge is 2.06. The van der Waals surface area contributed by atoms with Crippen molar-refractivity contribution < 1.29 is 0 Å². The van der Waals surface area contributed by atoms with Crippen molar-refractivity contribution in [1.82, 2.24) is 25.0 Å². The molecule has 2 aromatic rings. The average Bonchev–Trinajstić information content (AvgIpc) is 2.67. The Morgan fingerprint density at radius 1 is 1.29 bits per heavy atom. The van der Waals surface area contributed by atoms with Crippen molar-refractivity contribution in [1.29, 1.82) is 0 Å². The summed E-state index contributed by atoms with van der Waals surface area (Å²) in [5, 5.41) is 11.8. The minimum Gasteiger partial charge on any atom is -0.218 e. The fourth-order valence-corrected chi connectivity index (χ4v) is 1.25. The molecule has 0 aliphatic heterocycles. The molecule has 72 valence electrons. The van der Waals surface area contributed by atoms with Gasteiger partial charge in [0.1, 0.15) is 12.2 Å². The fraction of sp³-hybridized carbons (Fsp3) is 0.143. The van der Waals surface area contributed by atoms with Crippen LogP contribution in [-0.2, 0) is 5.88 Å². The van der Waals surface area contributed by atoms with Crippen LogP contribution in [0, 0.1) is 0 Å². The van der Waals surface area contributed by atoms with Crippen LogP contribution in [0.25, 0.3) is 5.82 Å². The molecule has 0 radical (unpaired) electrons. The molecular formula is C7H5Cl2N5. The van der Waals surface area contributed by atoms with Crippen molar-refractivity contribution >= 4 is 23.2 Å². The highest BCUT2D eigenvalue weighted by molar-refractivity contribution is 6.29. The van der Waals surface area contributed by atoms with Crippen molar-refractivity contribution in [3.8, 4) is 5.82 Å². The van der Waals surface area contributed by atoms with Crippen molar-refractivity contribution in [2.24, 2.45) is 0 Å². The highest BCUT2D eigenvalue weighted by atomic mass is 35.5. The van der Waals surface area contributed by atoms with Crippen molar-refractivity contribution in [2.45, 2.75) is 5.88 Å². The van der Waals surface area contributed by atoms with E-state index in [4.69, 9.17) is 23.2 Å².